The number of hydrogen-bond acceptors (Lipinski definition) is 4. The van der Waals surface area contributed by atoms with E-state index in [0.29, 0.717) is 17.9 Å². The third-order valence-electron chi connectivity index (χ3n) is 5.99. The lowest BCUT2D eigenvalue weighted by atomic mass is 9.91. The molecule has 0 N–H and O–H groups in total. The van der Waals surface area contributed by atoms with Gasteiger partial charge >= 0.3 is 0 Å². The number of aromatic nitrogens is 3. The fraction of sp³-hybridized carbons (Fsp3) is 0.192. The van der Waals surface area contributed by atoms with Gasteiger partial charge in [0.15, 0.2) is 0 Å². The van der Waals surface area contributed by atoms with Crippen LogP contribution in [0.4, 0.5) is 5.95 Å². The fourth-order valence-corrected chi connectivity index (χ4v) is 4.41. The second-order valence-electron chi connectivity index (χ2n) is 8.00. The first kappa shape index (κ1) is 20.0. The van der Waals surface area contributed by atoms with Gasteiger partial charge in [0.25, 0.3) is 5.91 Å². The van der Waals surface area contributed by atoms with Crippen LogP contribution in [0.25, 0.3) is 0 Å². The minimum Gasteiger partial charge on any atom is -0.497 e. The number of anilines is 1. The number of aryl methyl sites for hydroxylation is 1. The summed E-state index contributed by atoms with van der Waals surface area (Å²) in [6.07, 6.45) is 2.21. The normalized spacial score (nSPS) is 17.6. The molecule has 1 amide bonds. The molecule has 32 heavy (non-hydrogen) atoms. The summed E-state index contributed by atoms with van der Waals surface area (Å²) >= 11 is 0. The van der Waals surface area contributed by atoms with Gasteiger partial charge in [-0.15, -0.1) is 0 Å². The molecule has 0 spiro atoms. The largest absolute Gasteiger partial charge is 0.497 e. The Kier molecular flexibility index (Phi) is 5.19. The summed E-state index contributed by atoms with van der Waals surface area (Å²) in [5.41, 5.74) is 3.85. The van der Waals surface area contributed by atoms with E-state index in [0.717, 1.165) is 22.4 Å². The van der Waals surface area contributed by atoms with E-state index in [4.69, 9.17) is 4.74 Å². The maximum absolute atomic E-state index is 13.8. The van der Waals surface area contributed by atoms with Gasteiger partial charge in [0.2, 0.25) is 5.95 Å². The Morgan fingerprint density at radius 1 is 0.938 bits per heavy atom. The Hall–Kier alpha value is -3.93. The Balaban J connectivity index is 1.63. The van der Waals surface area contributed by atoms with Crippen LogP contribution in [0.2, 0.25) is 0 Å². The standard InChI is InChI=1S/C26H24N4O2/c1-18-7-6-10-21(15-18)25(31)29-23(19-8-4-3-5-9-19)16-24(30-26(29)27-17-28-30)20-11-13-22(32-2)14-12-20/h3-15,17,23-24H,16H2,1-2H3/t23-,24-/m0/s1. The second kappa shape index (κ2) is 8.30. The van der Waals surface area contributed by atoms with E-state index in [9.17, 15) is 4.79 Å². The molecule has 1 aliphatic rings. The maximum Gasteiger partial charge on any atom is 0.261 e. The van der Waals surface area contributed by atoms with Crippen LogP contribution in [0.15, 0.2) is 85.2 Å². The highest BCUT2D eigenvalue weighted by Crippen LogP contribution is 2.42. The molecule has 2 atom stereocenters. The molecule has 6 heteroatoms. The minimum atomic E-state index is -0.173. The molecule has 4 aromatic rings. The molecule has 1 aliphatic heterocycles. The number of hydrogen-bond donors (Lipinski definition) is 0. The first-order chi connectivity index (χ1) is 15.7. The van der Waals surface area contributed by atoms with Crippen LogP contribution in [-0.2, 0) is 0 Å². The Labute approximate surface area is 187 Å². The topological polar surface area (TPSA) is 60.2 Å². The number of fused-ring (bicyclic) bond motifs is 1. The second-order valence-corrected chi connectivity index (χ2v) is 8.00. The number of rotatable bonds is 4. The van der Waals surface area contributed by atoms with E-state index in [2.05, 4.69) is 34.3 Å². The van der Waals surface area contributed by atoms with Crippen LogP contribution in [0.3, 0.4) is 0 Å². The van der Waals surface area contributed by atoms with Crippen molar-refractivity contribution in [2.75, 3.05) is 12.0 Å². The van der Waals surface area contributed by atoms with Gasteiger partial charge in [-0.1, -0.05) is 60.2 Å². The average Bonchev–Trinajstić information content (AvgIpc) is 3.33. The molecule has 1 aromatic heterocycles. The van der Waals surface area contributed by atoms with Gasteiger partial charge in [0.05, 0.1) is 19.2 Å². The highest BCUT2D eigenvalue weighted by Gasteiger charge is 2.39. The quantitative estimate of drug-likeness (QED) is 0.464. The van der Waals surface area contributed by atoms with Gasteiger partial charge in [-0.05, 0) is 48.7 Å². The molecule has 6 nitrogen and oxygen atoms in total. The summed E-state index contributed by atoms with van der Waals surface area (Å²) in [7, 11) is 1.66. The Morgan fingerprint density at radius 3 is 2.41 bits per heavy atom. The summed E-state index contributed by atoms with van der Waals surface area (Å²) < 4.78 is 7.18. The van der Waals surface area contributed by atoms with Crippen molar-refractivity contribution in [3.63, 3.8) is 0 Å². The highest BCUT2D eigenvalue weighted by molar-refractivity contribution is 6.06. The Morgan fingerprint density at radius 2 is 1.69 bits per heavy atom. The molecular weight excluding hydrogens is 400 g/mol. The van der Waals surface area contributed by atoms with E-state index < -0.39 is 0 Å². The summed E-state index contributed by atoms with van der Waals surface area (Å²) in [5.74, 6) is 1.28. The number of methoxy groups -OCH3 is 1. The summed E-state index contributed by atoms with van der Waals surface area (Å²) in [6, 6.07) is 25.6. The van der Waals surface area contributed by atoms with Crippen LogP contribution >= 0.6 is 0 Å². The lowest BCUT2D eigenvalue weighted by Gasteiger charge is -2.39. The zero-order chi connectivity index (χ0) is 22.1. The number of carbonyl (C=O) groups excluding carboxylic acids is 1. The SMILES string of the molecule is COc1ccc([C@@H]2C[C@@H](c3ccccc3)N(C(=O)c3cccc(C)c3)c3ncnn32)cc1. The third kappa shape index (κ3) is 3.54. The molecule has 3 aromatic carbocycles. The van der Waals surface area contributed by atoms with E-state index >= 15 is 0 Å². The van der Waals surface area contributed by atoms with E-state index in [-0.39, 0.29) is 18.0 Å². The molecule has 0 bridgehead atoms. The summed E-state index contributed by atoms with van der Waals surface area (Å²) in [5, 5.41) is 4.51. The predicted molar refractivity (Wildman–Crippen MR) is 123 cm³/mol. The molecule has 5 rings (SSSR count). The van der Waals surface area contributed by atoms with Crippen LogP contribution in [0.5, 0.6) is 5.75 Å². The van der Waals surface area contributed by atoms with Gasteiger partial charge in [-0.2, -0.15) is 10.1 Å². The predicted octanol–water partition coefficient (Wildman–Crippen LogP) is 4.98. The van der Waals surface area contributed by atoms with Crippen molar-refractivity contribution in [3.05, 3.63) is 107 Å². The van der Waals surface area contributed by atoms with Crippen molar-refractivity contribution in [1.29, 1.82) is 0 Å². The number of nitrogens with zero attached hydrogens (tertiary/aromatic N) is 4. The van der Waals surface area contributed by atoms with Gasteiger partial charge in [-0.25, -0.2) is 4.68 Å². The minimum absolute atomic E-state index is 0.0508. The molecule has 0 saturated carbocycles. The van der Waals surface area contributed by atoms with E-state index in [1.54, 1.807) is 12.0 Å². The number of ether oxygens (including phenoxy) is 1. The first-order valence-electron chi connectivity index (χ1n) is 10.6. The van der Waals surface area contributed by atoms with Crippen molar-refractivity contribution >= 4 is 11.9 Å². The van der Waals surface area contributed by atoms with Gasteiger partial charge < -0.3 is 4.74 Å². The van der Waals surface area contributed by atoms with Gasteiger partial charge in [0, 0.05) is 5.56 Å². The molecule has 0 fully saturated rings. The van der Waals surface area contributed by atoms with E-state index in [1.807, 2.05) is 66.2 Å². The highest BCUT2D eigenvalue weighted by atomic mass is 16.5. The monoisotopic (exact) mass is 424 g/mol. The van der Waals surface area contributed by atoms with Crippen LogP contribution in [-0.4, -0.2) is 27.8 Å². The smallest absolute Gasteiger partial charge is 0.261 e. The van der Waals surface area contributed by atoms with Gasteiger partial charge in [-0.3, -0.25) is 9.69 Å². The maximum atomic E-state index is 13.8. The molecule has 0 radical (unpaired) electrons. The van der Waals surface area contributed by atoms with Crippen molar-refractivity contribution in [2.45, 2.75) is 25.4 Å². The van der Waals surface area contributed by atoms with E-state index in [1.165, 1.54) is 6.33 Å². The molecular formula is C26H24N4O2. The fourth-order valence-electron chi connectivity index (χ4n) is 4.41. The van der Waals surface area contributed by atoms with Crippen molar-refractivity contribution in [3.8, 4) is 5.75 Å². The molecule has 2 heterocycles. The zero-order valence-corrected chi connectivity index (χ0v) is 18.1. The molecule has 0 unspecified atom stereocenters. The number of benzene rings is 3. The molecule has 0 aliphatic carbocycles. The Bertz CT molecular complexity index is 1230. The summed E-state index contributed by atoms with van der Waals surface area (Å²) in [6.45, 7) is 1.99. The summed E-state index contributed by atoms with van der Waals surface area (Å²) in [4.78, 5) is 20.1. The lowest BCUT2D eigenvalue weighted by molar-refractivity contribution is 0.0963. The molecule has 0 saturated heterocycles. The van der Waals surface area contributed by atoms with Crippen LogP contribution < -0.4 is 9.64 Å². The average molecular weight is 425 g/mol. The lowest BCUT2D eigenvalue weighted by Crippen LogP contribution is -2.42. The third-order valence-corrected chi connectivity index (χ3v) is 5.99. The van der Waals surface area contributed by atoms with Crippen molar-refractivity contribution in [2.24, 2.45) is 0 Å². The van der Waals surface area contributed by atoms with Crippen LogP contribution in [0, 0.1) is 6.92 Å². The van der Waals surface area contributed by atoms with Crippen LogP contribution in [0.1, 0.15) is 45.6 Å². The van der Waals surface area contributed by atoms with Crippen molar-refractivity contribution < 1.29 is 9.53 Å². The molecule has 160 valence electrons. The number of carbonyl (C=O) groups is 1. The van der Waals surface area contributed by atoms with Crippen molar-refractivity contribution in [1.82, 2.24) is 14.8 Å². The zero-order valence-electron chi connectivity index (χ0n) is 18.1. The van der Waals surface area contributed by atoms with Gasteiger partial charge in [0.1, 0.15) is 12.1 Å². The first-order valence-corrected chi connectivity index (χ1v) is 10.6. The number of amides is 1.